The van der Waals surface area contributed by atoms with Crippen LogP contribution in [-0.2, 0) is 0 Å². The fraction of sp³-hybridized carbons (Fsp3) is 0.647. The molecule has 3 nitrogen and oxygen atoms in total. The molecule has 0 bridgehead atoms. The zero-order chi connectivity index (χ0) is 14.8. The summed E-state index contributed by atoms with van der Waals surface area (Å²) in [5.74, 6) is 0. The summed E-state index contributed by atoms with van der Waals surface area (Å²) in [7, 11) is 0. The summed E-state index contributed by atoms with van der Waals surface area (Å²) in [6.45, 7) is 6.38. The Kier molecular flexibility index (Phi) is 7.63. The third kappa shape index (κ3) is 6.40. The lowest BCUT2D eigenvalue weighted by molar-refractivity contribution is 0.197. The molecule has 1 aromatic rings. The number of aliphatic hydroxyl groups is 1. The van der Waals surface area contributed by atoms with Gasteiger partial charge >= 0.3 is 0 Å². The molecule has 0 amide bonds. The maximum absolute atomic E-state index is 9.16. The summed E-state index contributed by atoms with van der Waals surface area (Å²) in [5.41, 5.74) is 6.84. The van der Waals surface area contributed by atoms with Crippen LogP contribution in [0, 0.1) is 0 Å². The largest absolute Gasteiger partial charge is 0.394 e. The smallest absolute Gasteiger partial charge is 0.0608 e. The van der Waals surface area contributed by atoms with E-state index in [-0.39, 0.29) is 6.61 Å². The molecule has 0 spiro atoms. The molecule has 0 aromatic heterocycles. The monoisotopic (exact) mass is 278 g/mol. The first-order chi connectivity index (χ1) is 9.59. The molecule has 0 heterocycles. The maximum atomic E-state index is 9.16. The number of rotatable bonds is 10. The zero-order valence-electron chi connectivity index (χ0n) is 13.0. The van der Waals surface area contributed by atoms with Crippen LogP contribution in [0.4, 0.5) is 5.69 Å². The Morgan fingerprint density at radius 1 is 1.10 bits per heavy atom. The van der Waals surface area contributed by atoms with Crippen molar-refractivity contribution < 1.29 is 5.11 Å². The molecular formula is C17H30N2O. The Morgan fingerprint density at radius 3 is 2.35 bits per heavy atom. The van der Waals surface area contributed by atoms with Crippen LogP contribution in [0.1, 0.15) is 46.0 Å². The second kappa shape index (κ2) is 8.98. The fourth-order valence-electron chi connectivity index (χ4n) is 2.27. The van der Waals surface area contributed by atoms with Gasteiger partial charge in [-0.2, -0.15) is 0 Å². The lowest BCUT2D eigenvalue weighted by Gasteiger charge is -2.26. The molecule has 20 heavy (non-hydrogen) atoms. The third-order valence-corrected chi connectivity index (χ3v) is 3.69. The highest BCUT2D eigenvalue weighted by Crippen LogP contribution is 2.16. The number of para-hydroxylation sites is 1. The molecule has 1 rings (SSSR count). The predicted octanol–water partition coefficient (Wildman–Crippen LogP) is 3.17. The van der Waals surface area contributed by atoms with Gasteiger partial charge in [-0.3, -0.25) is 0 Å². The topological polar surface area (TPSA) is 49.5 Å². The standard InChI is InChI=1S/C17H30N2O/c1-3-4-13-19(16-10-6-5-7-11-16)14-9-8-12-17(2,18)15-20/h5-7,10-11,20H,3-4,8-9,12-15,18H2,1-2H3. The van der Waals surface area contributed by atoms with Crippen molar-refractivity contribution in [1.29, 1.82) is 0 Å². The number of benzene rings is 1. The number of hydrogen-bond acceptors (Lipinski definition) is 3. The SMILES string of the molecule is CCCCN(CCCCC(C)(N)CO)c1ccccc1. The predicted molar refractivity (Wildman–Crippen MR) is 87.1 cm³/mol. The fourth-order valence-corrected chi connectivity index (χ4v) is 2.27. The summed E-state index contributed by atoms with van der Waals surface area (Å²) >= 11 is 0. The quantitative estimate of drug-likeness (QED) is 0.646. The van der Waals surface area contributed by atoms with Crippen molar-refractivity contribution in [3.63, 3.8) is 0 Å². The van der Waals surface area contributed by atoms with E-state index in [1.165, 1.54) is 18.5 Å². The summed E-state index contributed by atoms with van der Waals surface area (Å²) in [6.07, 6.45) is 5.49. The highest BCUT2D eigenvalue weighted by molar-refractivity contribution is 5.45. The Balaban J connectivity index is 2.42. The third-order valence-electron chi connectivity index (χ3n) is 3.69. The van der Waals surface area contributed by atoms with Crippen LogP contribution in [0.15, 0.2) is 30.3 Å². The van der Waals surface area contributed by atoms with E-state index in [2.05, 4.69) is 42.2 Å². The molecule has 0 aliphatic rings. The zero-order valence-corrected chi connectivity index (χ0v) is 13.0. The van der Waals surface area contributed by atoms with E-state index in [9.17, 15) is 0 Å². The lowest BCUT2D eigenvalue weighted by Crippen LogP contribution is -2.40. The number of nitrogens with two attached hydrogens (primary N) is 1. The molecule has 1 unspecified atom stereocenters. The van der Waals surface area contributed by atoms with Gasteiger partial charge in [0.1, 0.15) is 0 Å². The number of hydrogen-bond donors (Lipinski definition) is 2. The van der Waals surface area contributed by atoms with Crippen molar-refractivity contribution in [3.05, 3.63) is 30.3 Å². The first kappa shape index (κ1) is 17.0. The molecule has 0 aliphatic heterocycles. The highest BCUT2D eigenvalue weighted by Gasteiger charge is 2.16. The summed E-state index contributed by atoms with van der Waals surface area (Å²) in [6, 6.07) is 10.6. The Hall–Kier alpha value is -1.06. The average molecular weight is 278 g/mol. The van der Waals surface area contributed by atoms with Gasteiger partial charge in [-0.1, -0.05) is 31.5 Å². The van der Waals surface area contributed by atoms with Crippen molar-refractivity contribution in [2.75, 3.05) is 24.6 Å². The molecular weight excluding hydrogens is 248 g/mol. The van der Waals surface area contributed by atoms with Crippen LogP contribution in [0.2, 0.25) is 0 Å². The van der Waals surface area contributed by atoms with Gasteiger partial charge in [-0.05, 0) is 44.7 Å². The first-order valence-corrected chi connectivity index (χ1v) is 7.79. The number of anilines is 1. The van der Waals surface area contributed by atoms with Gasteiger partial charge in [0.05, 0.1) is 6.61 Å². The van der Waals surface area contributed by atoms with Gasteiger partial charge in [0, 0.05) is 24.3 Å². The molecule has 0 radical (unpaired) electrons. The Labute approximate surface area is 123 Å². The van der Waals surface area contributed by atoms with E-state index < -0.39 is 5.54 Å². The number of unbranched alkanes of at least 4 members (excludes halogenated alkanes) is 2. The summed E-state index contributed by atoms with van der Waals surface area (Å²) in [5, 5.41) is 9.16. The van der Waals surface area contributed by atoms with Gasteiger partial charge in [-0.15, -0.1) is 0 Å². The van der Waals surface area contributed by atoms with Gasteiger partial charge in [-0.25, -0.2) is 0 Å². The maximum Gasteiger partial charge on any atom is 0.0608 e. The minimum atomic E-state index is -0.430. The minimum Gasteiger partial charge on any atom is -0.394 e. The van der Waals surface area contributed by atoms with Crippen LogP contribution in [0.5, 0.6) is 0 Å². The second-order valence-corrected chi connectivity index (χ2v) is 5.95. The van der Waals surface area contributed by atoms with Crippen molar-refractivity contribution >= 4 is 5.69 Å². The molecule has 1 aromatic carbocycles. The first-order valence-electron chi connectivity index (χ1n) is 7.79. The van der Waals surface area contributed by atoms with E-state index in [1.54, 1.807) is 0 Å². The van der Waals surface area contributed by atoms with Crippen molar-refractivity contribution in [3.8, 4) is 0 Å². The molecule has 3 N–H and O–H groups in total. The molecule has 0 aliphatic carbocycles. The van der Waals surface area contributed by atoms with Crippen molar-refractivity contribution in [2.24, 2.45) is 5.73 Å². The van der Waals surface area contributed by atoms with Crippen LogP contribution in [-0.4, -0.2) is 30.3 Å². The second-order valence-electron chi connectivity index (χ2n) is 5.95. The van der Waals surface area contributed by atoms with Gasteiger partial charge in [0.15, 0.2) is 0 Å². The van der Waals surface area contributed by atoms with E-state index in [0.717, 1.165) is 32.4 Å². The van der Waals surface area contributed by atoms with E-state index >= 15 is 0 Å². The van der Waals surface area contributed by atoms with Gasteiger partial charge in [0.25, 0.3) is 0 Å². The van der Waals surface area contributed by atoms with Crippen LogP contribution in [0.25, 0.3) is 0 Å². The van der Waals surface area contributed by atoms with Crippen LogP contribution < -0.4 is 10.6 Å². The Morgan fingerprint density at radius 2 is 1.75 bits per heavy atom. The normalized spacial score (nSPS) is 14.0. The van der Waals surface area contributed by atoms with E-state index in [1.807, 2.05) is 6.92 Å². The van der Waals surface area contributed by atoms with E-state index in [0.29, 0.717) is 0 Å². The molecule has 1 atom stereocenters. The summed E-state index contributed by atoms with van der Waals surface area (Å²) < 4.78 is 0. The highest BCUT2D eigenvalue weighted by atomic mass is 16.3. The molecule has 114 valence electrons. The minimum absolute atomic E-state index is 0.0607. The van der Waals surface area contributed by atoms with Crippen LogP contribution >= 0.6 is 0 Å². The molecule has 0 fully saturated rings. The number of aliphatic hydroxyl groups excluding tert-OH is 1. The number of nitrogens with zero attached hydrogens (tertiary/aromatic N) is 1. The van der Waals surface area contributed by atoms with Crippen molar-refractivity contribution in [2.45, 2.75) is 51.5 Å². The Bertz CT molecular complexity index is 351. The summed E-state index contributed by atoms with van der Waals surface area (Å²) in [4.78, 5) is 2.45. The van der Waals surface area contributed by atoms with Gasteiger partial charge < -0.3 is 15.7 Å². The molecule has 3 heteroatoms. The lowest BCUT2D eigenvalue weighted by atomic mass is 9.97. The van der Waals surface area contributed by atoms with E-state index in [4.69, 9.17) is 10.8 Å². The van der Waals surface area contributed by atoms with Crippen molar-refractivity contribution in [1.82, 2.24) is 0 Å². The van der Waals surface area contributed by atoms with Crippen LogP contribution in [0.3, 0.4) is 0 Å². The molecule has 0 saturated heterocycles. The molecule has 0 saturated carbocycles. The van der Waals surface area contributed by atoms with Gasteiger partial charge in [0.2, 0.25) is 0 Å². The average Bonchev–Trinajstić information content (AvgIpc) is 2.47.